The molecule has 2 heterocycles. The van der Waals surface area contributed by atoms with E-state index in [4.69, 9.17) is 10.2 Å². The van der Waals surface area contributed by atoms with Gasteiger partial charge in [-0.25, -0.2) is 0 Å². The van der Waals surface area contributed by atoms with Crippen LogP contribution < -0.4 is 16.4 Å². The van der Waals surface area contributed by atoms with Crippen LogP contribution in [0.5, 0.6) is 0 Å². The van der Waals surface area contributed by atoms with Crippen molar-refractivity contribution in [3.05, 3.63) is 40.2 Å². The van der Waals surface area contributed by atoms with Crippen LogP contribution in [0.1, 0.15) is 58.5 Å². The zero-order chi connectivity index (χ0) is 20.4. The van der Waals surface area contributed by atoms with Crippen LogP contribution in [0, 0.1) is 11.8 Å². The number of amides is 3. The monoisotopic (exact) mass is 403 g/mol. The maximum absolute atomic E-state index is 12.9. The fourth-order valence-corrected chi connectivity index (χ4v) is 4.86. The Morgan fingerprint density at radius 2 is 2.07 bits per heavy atom. The Kier molecular flexibility index (Phi) is 5.88. The first-order chi connectivity index (χ1) is 13.3. The summed E-state index contributed by atoms with van der Waals surface area (Å²) in [5.74, 6) is -0.880. The fourth-order valence-electron chi connectivity index (χ4n) is 3.44. The molecule has 0 bridgehead atoms. The van der Waals surface area contributed by atoms with Crippen molar-refractivity contribution >= 4 is 34.1 Å². The Labute approximate surface area is 167 Å². The topological polar surface area (TPSA) is 114 Å². The van der Waals surface area contributed by atoms with Gasteiger partial charge in [0.2, 0.25) is 5.91 Å². The predicted molar refractivity (Wildman–Crippen MR) is 107 cm³/mol. The molecule has 2 aromatic rings. The van der Waals surface area contributed by atoms with Crippen LogP contribution >= 0.6 is 11.3 Å². The summed E-state index contributed by atoms with van der Waals surface area (Å²) in [5, 5.41) is 6.00. The van der Waals surface area contributed by atoms with Crippen LogP contribution in [0.25, 0.3) is 0 Å². The second kappa shape index (κ2) is 8.18. The van der Waals surface area contributed by atoms with Crippen LogP contribution in [-0.2, 0) is 17.6 Å². The number of furan rings is 1. The number of fused-ring (bicyclic) bond motifs is 1. The normalized spacial score (nSPS) is 17.1. The highest BCUT2D eigenvalue weighted by Crippen LogP contribution is 2.39. The third-order valence-corrected chi connectivity index (χ3v) is 6.15. The van der Waals surface area contributed by atoms with Gasteiger partial charge in [0.05, 0.1) is 11.8 Å². The molecule has 0 aliphatic heterocycles. The molecule has 1 aliphatic rings. The lowest BCUT2D eigenvalue weighted by molar-refractivity contribution is -0.118. The van der Waals surface area contributed by atoms with Gasteiger partial charge in [0, 0.05) is 4.88 Å². The van der Waals surface area contributed by atoms with Crippen molar-refractivity contribution in [3.8, 4) is 0 Å². The second-order valence-electron chi connectivity index (χ2n) is 7.58. The zero-order valence-electron chi connectivity index (χ0n) is 16.2. The van der Waals surface area contributed by atoms with E-state index in [9.17, 15) is 14.4 Å². The van der Waals surface area contributed by atoms with Crippen LogP contribution in [0.15, 0.2) is 22.8 Å². The smallest absolute Gasteiger partial charge is 0.287 e. The van der Waals surface area contributed by atoms with Gasteiger partial charge < -0.3 is 20.8 Å². The first-order valence-corrected chi connectivity index (χ1v) is 10.2. The molecule has 1 aliphatic carbocycles. The Balaban J connectivity index is 1.82. The number of hydrogen-bond acceptors (Lipinski definition) is 5. The molecule has 28 heavy (non-hydrogen) atoms. The largest absolute Gasteiger partial charge is 0.459 e. The minimum Gasteiger partial charge on any atom is -0.459 e. The molecule has 1 unspecified atom stereocenters. The van der Waals surface area contributed by atoms with Crippen molar-refractivity contribution in [1.29, 1.82) is 0 Å². The molecular weight excluding hydrogens is 378 g/mol. The molecule has 3 rings (SSSR count). The molecule has 0 saturated carbocycles. The molecule has 8 heteroatoms. The van der Waals surface area contributed by atoms with E-state index in [1.807, 2.05) is 13.8 Å². The van der Waals surface area contributed by atoms with Crippen molar-refractivity contribution < 1.29 is 18.8 Å². The SMILES string of the molecule is CC1CCc2c(sc(NC(=O)[C@@H](NC(=O)c3ccco3)C(C)C)c2C(N)=O)C1. The van der Waals surface area contributed by atoms with Gasteiger partial charge in [-0.2, -0.15) is 0 Å². The van der Waals surface area contributed by atoms with Crippen molar-refractivity contribution in [2.75, 3.05) is 5.32 Å². The quantitative estimate of drug-likeness (QED) is 0.688. The highest BCUT2D eigenvalue weighted by molar-refractivity contribution is 7.17. The van der Waals surface area contributed by atoms with Gasteiger partial charge >= 0.3 is 0 Å². The lowest BCUT2D eigenvalue weighted by Crippen LogP contribution is -2.47. The summed E-state index contributed by atoms with van der Waals surface area (Å²) < 4.78 is 5.09. The Morgan fingerprint density at radius 1 is 1.32 bits per heavy atom. The molecule has 3 amide bonds. The number of carbonyl (C=O) groups is 3. The second-order valence-corrected chi connectivity index (χ2v) is 8.69. The number of rotatable bonds is 6. The highest BCUT2D eigenvalue weighted by atomic mass is 32.1. The summed E-state index contributed by atoms with van der Waals surface area (Å²) in [4.78, 5) is 38.4. The molecule has 0 fully saturated rings. The standard InChI is InChI=1S/C20H25N3O4S/c1-10(2)16(22-18(25)13-5-4-8-27-13)19(26)23-20-15(17(21)24)12-7-6-11(3)9-14(12)28-20/h4-5,8,10-11,16H,6-7,9H2,1-3H3,(H2,21,24)(H,22,25)(H,23,26)/t11?,16-/m0/s1. The molecule has 2 aromatic heterocycles. The van der Waals surface area contributed by atoms with Gasteiger partial charge in [-0.3, -0.25) is 14.4 Å². The van der Waals surface area contributed by atoms with E-state index in [2.05, 4.69) is 17.6 Å². The van der Waals surface area contributed by atoms with Crippen molar-refractivity contribution in [1.82, 2.24) is 5.32 Å². The maximum atomic E-state index is 12.9. The van der Waals surface area contributed by atoms with Crippen molar-refractivity contribution in [2.45, 2.75) is 46.1 Å². The highest BCUT2D eigenvalue weighted by Gasteiger charge is 2.30. The van der Waals surface area contributed by atoms with Crippen LogP contribution in [-0.4, -0.2) is 23.8 Å². The van der Waals surface area contributed by atoms with Crippen molar-refractivity contribution in [2.24, 2.45) is 17.6 Å². The molecule has 2 atom stereocenters. The van der Waals surface area contributed by atoms with Gasteiger partial charge in [-0.15, -0.1) is 11.3 Å². The van der Waals surface area contributed by atoms with Crippen LogP contribution in [0.3, 0.4) is 0 Å². The van der Waals surface area contributed by atoms with E-state index in [-0.39, 0.29) is 17.6 Å². The van der Waals surface area contributed by atoms with Crippen molar-refractivity contribution in [3.63, 3.8) is 0 Å². The molecule has 7 nitrogen and oxygen atoms in total. The number of nitrogens with one attached hydrogen (secondary N) is 2. The Bertz CT molecular complexity index is 886. The summed E-state index contributed by atoms with van der Waals surface area (Å²) in [6.45, 7) is 5.84. The Morgan fingerprint density at radius 3 is 2.68 bits per heavy atom. The summed E-state index contributed by atoms with van der Waals surface area (Å²) in [6.07, 6.45) is 4.05. The first-order valence-electron chi connectivity index (χ1n) is 9.37. The number of carbonyl (C=O) groups excluding carboxylic acids is 3. The average Bonchev–Trinajstić information content (AvgIpc) is 3.26. The van der Waals surface area contributed by atoms with Crippen LogP contribution in [0.4, 0.5) is 5.00 Å². The van der Waals surface area contributed by atoms with Gasteiger partial charge in [0.15, 0.2) is 5.76 Å². The van der Waals surface area contributed by atoms with Gasteiger partial charge in [-0.05, 0) is 48.8 Å². The van der Waals surface area contributed by atoms with E-state index in [0.29, 0.717) is 16.5 Å². The van der Waals surface area contributed by atoms with E-state index >= 15 is 0 Å². The molecule has 0 radical (unpaired) electrons. The number of thiophene rings is 1. The number of nitrogens with two attached hydrogens (primary N) is 1. The third-order valence-electron chi connectivity index (χ3n) is 4.98. The van der Waals surface area contributed by atoms with E-state index in [1.54, 1.807) is 6.07 Å². The molecule has 0 spiro atoms. The maximum Gasteiger partial charge on any atom is 0.287 e. The molecule has 0 saturated heterocycles. The number of primary amides is 1. The Hall–Kier alpha value is -2.61. The lowest BCUT2D eigenvalue weighted by Gasteiger charge is -2.21. The molecule has 0 aromatic carbocycles. The van der Waals surface area contributed by atoms with E-state index in [1.165, 1.54) is 23.7 Å². The van der Waals surface area contributed by atoms with E-state index in [0.717, 1.165) is 29.7 Å². The first kappa shape index (κ1) is 20.1. The lowest BCUT2D eigenvalue weighted by atomic mass is 9.88. The summed E-state index contributed by atoms with van der Waals surface area (Å²) in [7, 11) is 0. The third kappa shape index (κ3) is 4.11. The van der Waals surface area contributed by atoms with Gasteiger partial charge in [0.1, 0.15) is 11.0 Å². The summed E-state index contributed by atoms with van der Waals surface area (Å²) in [5.41, 5.74) is 6.96. The fraction of sp³-hybridized carbons (Fsp3) is 0.450. The summed E-state index contributed by atoms with van der Waals surface area (Å²) in [6, 6.07) is 2.36. The molecular formula is C20H25N3O4S. The minimum absolute atomic E-state index is 0.136. The zero-order valence-corrected chi connectivity index (χ0v) is 17.0. The predicted octanol–water partition coefficient (Wildman–Crippen LogP) is 2.96. The number of hydrogen-bond donors (Lipinski definition) is 3. The summed E-state index contributed by atoms with van der Waals surface area (Å²) >= 11 is 1.40. The van der Waals surface area contributed by atoms with Gasteiger partial charge in [-0.1, -0.05) is 20.8 Å². The number of anilines is 1. The van der Waals surface area contributed by atoms with E-state index < -0.39 is 17.9 Å². The molecule has 150 valence electrons. The van der Waals surface area contributed by atoms with Gasteiger partial charge in [0.25, 0.3) is 11.8 Å². The average molecular weight is 404 g/mol. The minimum atomic E-state index is -0.781. The van der Waals surface area contributed by atoms with Crippen LogP contribution in [0.2, 0.25) is 0 Å². The molecule has 4 N–H and O–H groups in total.